The number of thiazole rings is 1. The third kappa shape index (κ3) is 3.25. The fourth-order valence-corrected chi connectivity index (χ4v) is 2.44. The van der Waals surface area contributed by atoms with E-state index in [2.05, 4.69) is 10.3 Å². The summed E-state index contributed by atoms with van der Waals surface area (Å²) in [6.45, 7) is 2.38. The van der Waals surface area contributed by atoms with Crippen molar-refractivity contribution in [1.29, 1.82) is 0 Å². The van der Waals surface area contributed by atoms with Gasteiger partial charge in [0.15, 0.2) is 0 Å². The van der Waals surface area contributed by atoms with Crippen molar-refractivity contribution in [2.45, 2.75) is 13.3 Å². The highest BCUT2D eigenvalue weighted by Gasteiger charge is 2.19. The largest absolute Gasteiger partial charge is 0.379 e. The standard InChI is InChI=1S/C12H12FN3O2S/c1-8-7-19-11(15-8)5-6-14-10-4-2-3-9(13)12(10)16(17)18/h2-4,7,14H,5-6H2,1H3. The SMILES string of the molecule is Cc1csc(CCNc2cccc(F)c2[N+](=O)[O-])n1. The topological polar surface area (TPSA) is 68.1 Å². The van der Waals surface area contributed by atoms with Crippen molar-refractivity contribution in [1.82, 2.24) is 4.98 Å². The third-order valence-electron chi connectivity index (χ3n) is 2.49. The monoisotopic (exact) mass is 281 g/mol. The van der Waals surface area contributed by atoms with Crippen molar-refractivity contribution in [3.63, 3.8) is 0 Å². The molecule has 0 radical (unpaired) electrons. The maximum atomic E-state index is 13.4. The molecule has 7 heteroatoms. The molecule has 100 valence electrons. The Morgan fingerprint density at radius 2 is 2.32 bits per heavy atom. The molecule has 0 fully saturated rings. The molecule has 0 spiro atoms. The summed E-state index contributed by atoms with van der Waals surface area (Å²) in [6.07, 6.45) is 0.645. The molecular formula is C12H12FN3O2S. The van der Waals surface area contributed by atoms with Gasteiger partial charge in [0.2, 0.25) is 5.82 Å². The Balaban J connectivity index is 2.03. The maximum absolute atomic E-state index is 13.4. The van der Waals surface area contributed by atoms with Crippen LogP contribution in [0, 0.1) is 22.9 Å². The number of hydrogen-bond donors (Lipinski definition) is 1. The molecule has 0 unspecified atom stereocenters. The fourth-order valence-electron chi connectivity index (χ4n) is 1.67. The lowest BCUT2D eigenvalue weighted by Crippen LogP contribution is -2.07. The van der Waals surface area contributed by atoms with Crippen LogP contribution in [0.4, 0.5) is 15.8 Å². The number of halogens is 1. The molecule has 0 saturated heterocycles. The number of hydrogen-bond acceptors (Lipinski definition) is 5. The molecule has 1 N–H and O–H groups in total. The summed E-state index contributed by atoms with van der Waals surface area (Å²) in [4.78, 5) is 14.4. The molecule has 0 aliphatic heterocycles. The number of nitro groups is 1. The van der Waals surface area contributed by atoms with Gasteiger partial charge in [0.1, 0.15) is 5.69 Å². The number of para-hydroxylation sites is 1. The molecule has 2 aromatic rings. The number of nitro benzene ring substituents is 1. The highest BCUT2D eigenvalue weighted by Crippen LogP contribution is 2.27. The number of benzene rings is 1. The van der Waals surface area contributed by atoms with Crippen molar-refractivity contribution < 1.29 is 9.31 Å². The van der Waals surface area contributed by atoms with Crippen LogP contribution in [0.3, 0.4) is 0 Å². The molecular weight excluding hydrogens is 269 g/mol. The first-order valence-corrected chi connectivity index (χ1v) is 6.53. The Morgan fingerprint density at radius 1 is 1.53 bits per heavy atom. The van der Waals surface area contributed by atoms with E-state index >= 15 is 0 Å². The third-order valence-corrected chi connectivity index (χ3v) is 3.52. The molecule has 19 heavy (non-hydrogen) atoms. The molecule has 0 bridgehead atoms. The zero-order chi connectivity index (χ0) is 13.8. The summed E-state index contributed by atoms with van der Waals surface area (Å²) >= 11 is 1.54. The van der Waals surface area contributed by atoms with Crippen LogP contribution in [0.25, 0.3) is 0 Å². The molecule has 0 aliphatic carbocycles. The lowest BCUT2D eigenvalue weighted by Gasteiger charge is -2.06. The summed E-state index contributed by atoms with van der Waals surface area (Å²) in [6, 6.07) is 4.01. The fraction of sp³-hybridized carbons (Fsp3) is 0.250. The van der Waals surface area contributed by atoms with Crippen LogP contribution in [-0.2, 0) is 6.42 Å². The van der Waals surface area contributed by atoms with Gasteiger partial charge >= 0.3 is 5.69 Å². The van der Waals surface area contributed by atoms with Crippen LogP contribution in [-0.4, -0.2) is 16.5 Å². The lowest BCUT2D eigenvalue weighted by molar-refractivity contribution is -0.386. The van der Waals surface area contributed by atoms with Gasteiger partial charge in [-0.15, -0.1) is 11.3 Å². The Hall–Kier alpha value is -2.02. The van der Waals surface area contributed by atoms with Crippen LogP contribution < -0.4 is 5.32 Å². The molecule has 2 rings (SSSR count). The predicted molar refractivity (Wildman–Crippen MR) is 72.1 cm³/mol. The smallest absolute Gasteiger partial charge is 0.327 e. The van der Waals surface area contributed by atoms with E-state index < -0.39 is 16.4 Å². The van der Waals surface area contributed by atoms with E-state index in [0.29, 0.717) is 13.0 Å². The minimum atomic E-state index is -0.833. The average Bonchev–Trinajstić information content (AvgIpc) is 2.74. The summed E-state index contributed by atoms with van der Waals surface area (Å²) in [7, 11) is 0. The molecule has 0 amide bonds. The molecule has 1 aromatic heterocycles. The van der Waals surface area contributed by atoms with E-state index in [1.807, 2.05) is 12.3 Å². The summed E-state index contributed by atoms with van der Waals surface area (Å²) in [5.41, 5.74) is 0.632. The van der Waals surface area contributed by atoms with E-state index in [-0.39, 0.29) is 5.69 Å². The highest BCUT2D eigenvalue weighted by atomic mass is 32.1. The van der Waals surface area contributed by atoms with Crippen LogP contribution in [0.2, 0.25) is 0 Å². The van der Waals surface area contributed by atoms with Crippen molar-refractivity contribution in [2.24, 2.45) is 0 Å². The second-order valence-corrected chi connectivity index (χ2v) is 4.90. The van der Waals surface area contributed by atoms with E-state index in [1.54, 1.807) is 0 Å². The van der Waals surface area contributed by atoms with Gasteiger partial charge < -0.3 is 5.32 Å². The highest BCUT2D eigenvalue weighted by molar-refractivity contribution is 7.09. The first-order valence-electron chi connectivity index (χ1n) is 5.65. The van der Waals surface area contributed by atoms with Gasteiger partial charge in [-0.2, -0.15) is 4.39 Å². The van der Waals surface area contributed by atoms with E-state index in [0.717, 1.165) is 16.8 Å². The van der Waals surface area contributed by atoms with Crippen LogP contribution in [0.5, 0.6) is 0 Å². The van der Waals surface area contributed by atoms with E-state index in [9.17, 15) is 14.5 Å². The Morgan fingerprint density at radius 3 is 2.95 bits per heavy atom. The van der Waals surface area contributed by atoms with Crippen molar-refractivity contribution in [3.05, 3.63) is 50.2 Å². The summed E-state index contributed by atoms with van der Waals surface area (Å²) in [5.74, 6) is -0.833. The van der Waals surface area contributed by atoms with Crippen LogP contribution in [0.1, 0.15) is 10.7 Å². The van der Waals surface area contributed by atoms with E-state index in [1.165, 1.54) is 23.5 Å². The second-order valence-electron chi connectivity index (χ2n) is 3.95. The van der Waals surface area contributed by atoms with Gasteiger partial charge in [-0.25, -0.2) is 4.98 Å². The van der Waals surface area contributed by atoms with Gasteiger partial charge in [-0.1, -0.05) is 6.07 Å². The van der Waals surface area contributed by atoms with Crippen LogP contribution in [0.15, 0.2) is 23.6 Å². The van der Waals surface area contributed by atoms with Crippen molar-refractivity contribution in [2.75, 3.05) is 11.9 Å². The van der Waals surface area contributed by atoms with Gasteiger partial charge in [0.05, 0.1) is 9.93 Å². The Kier molecular flexibility index (Phi) is 4.06. The van der Waals surface area contributed by atoms with Crippen molar-refractivity contribution >= 4 is 22.7 Å². The zero-order valence-corrected chi connectivity index (χ0v) is 11.0. The number of nitrogens with one attached hydrogen (secondary N) is 1. The second kappa shape index (κ2) is 5.75. The average molecular weight is 281 g/mol. The Bertz CT molecular complexity index is 600. The molecule has 0 atom stereocenters. The number of rotatable bonds is 5. The van der Waals surface area contributed by atoms with Gasteiger partial charge in [-0.3, -0.25) is 10.1 Å². The lowest BCUT2D eigenvalue weighted by atomic mass is 10.2. The zero-order valence-electron chi connectivity index (χ0n) is 10.2. The van der Waals surface area contributed by atoms with Crippen LogP contribution >= 0.6 is 11.3 Å². The minimum Gasteiger partial charge on any atom is -0.379 e. The van der Waals surface area contributed by atoms with E-state index in [4.69, 9.17) is 0 Å². The number of aryl methyl sites for hydroxylation is 1. The number of anilines is 1. The first-order chi connectivity index (χ1) is 9.08. The van der Waals surface area contributed by atoms with Gasteiger partial charge in [-0.05, 0) is 19.1 Å². The molecule has 0 saturated carbocycles. The molecule has 1 aromatic carbocycles. The number of aromatic nitrogens is 1. The first kappa shape index (κ1) is 13.4. The van der Waals surface area contributed by atoms with Gasteiger partial charge in [0, 0.05) is 24.0 Å². The normalized spacial score (nSPS) is 10.4. The molecule has 0 aliphatic rings. The summed E-state index contributed by atoms with van der Waals surface area (Å²) < 4.78 is 13.4. The molecule has 5 nitrogen and oxygen atoms in total. The minimum absolute atomic E-state index is 0.193. The quantitative estimate of drug-likeness (QED) is 0.675. The maximum Gasteiger partial charge on any atom is 0.327 e. The number of nitrogens with zero attached hydrogens (tertiary/aromatic N) is 2. The molecule has 1 heterocycles. The Labute approximate surface area is 113 Å². The summed E-state index contributed by atoms with van der Waals surface area (Å²) in [5, 5.41) is 16.6. The predicted octanol–water partition coefficient (Wildman–Crippen LogP) is 3.15. The van der Waals surface area contributed by atoms with Crippen molar-refractivity contribution in [3.8, 4) is 0 Å². The van der Waals surface area contributed by atoms with Gasteiger partial charge in [0.25, 0.3) is 0 Å².